The second-order valence-corrected chi connectivity index (χ2v) is 8.76. The van der Waals surface area contributed by atoms with E-state index in [-0.39, 0.29) is 35.0 Å². The Labute approximate surface area is 173 Å². The van der Waals surface area contributed by atoms with E-state index in [1.807, 2.05) is 0 Å². The third-order valence-corrected chi connectivity index (χ3v) is 6.64. The molecule has 0 atom stereocenters. The minimum Gasteiger partial charge on any atom is -0.379 e. The van der Waals surface area contributed by atoms with Crippen molar-refractivity contribution in [3.63, 3.8) is 0 Å². The van der Waals surface area contributed by atoms with Gasteiger partial charge in [-0.2, -0.15) is 4.31 Å². The number of morpholine rings is 1. The predicted molar refractivity (Wildman–Crippen MR) is 108 cm³/mol. The molecule has 0 bridgehead atoms. The van der Waals surface area contributed by atoms with E-state index in [4.69, 9.17) is 22.1 Å². The largest absolute Gasteiger partial charge is 0.379 e. The van der Waals surface area contributed by atoms with E-state index in [0.29, 0.717) is 24.5 Å². The van der Waals surface area contributed by atoms with E-state index < -0.39 is 21.8 Å². The molecule has 1 aliphatic heterocycles. The zero-order valence-corrected chi connectivity index (χ0v) is 17.0. The maximum Gasteiger partial charge on any atom is 0.257 e. The van der Waals surface area contributed by atoms with E-state index in [1.165, 1.54) is 22.5 Å². The van der Waals surface area contributed by atoms with Gasteiger partial charge in [0.25, 0.3) is 5.91 Å². The Bertz CT molecular complexity index is 1040. The highest BCUT2D eigenvalue weighted by molar-refractivity contribution is 7.89. The summed E-state index contributed by atoms with van der Waals surface area (Å²) in [5.74, 6) is -1.13. The van der Waals surface area contributed by atoms with Crippen molar-refractivity contribution < 1.29 is 22.7 Å². The van der Waals surface area contributed by atoms with Crippen LogP contribution in [0.5, 0.6) is 0 Å². The topological polar surface area (TPSA) is 119 Å². The number of carbonyl (C=O) groups excluding carboxylic acids is 2. The number of sulfonamides is 1. The van der Waals surface area contributed by atoms with E-state index in [2.05, 4.69) is 5.32 Å². The number of nitrogens with zero attached hydrogens (tertiary/aromatic N) is 1. The van der Waals surface area contributed by atoms with Crippen LogP contribution >= 0.6 is 11.6 Å². The number of amides is 2. The molecule has 0 aromatic heterocycles. The SMILES string of the molecule is NC(=O)Cc1ccccc1NC(=O)c1cc(S(=O)(=O)N2CCOCC2)ccc1Cl. The van der Waals surface area contributed by atoms with Gasteiger partial charge >= 0.3 is 0 Å². The average Bonchev–Trinajstić information content (AvgIpc) is 2.70. The van der Waals surface area contributed by atoms with Crippen LogP contribution in [0, 0.1) is 0 Å². The van der Waals surface area contributed by atoms with E-state index >= 15 is 0 Å². The number of anilines is 1. The molecule has 0 unspecified atom stereocenters. The summed E-state index contributed by atoms with van der Waals surface area (Å²) in [7, 11) is -3.78. The van der Waals surface area contributed by atoms with Gasteiger partial charge in [-0.05, 0) is 29.8 Å². The van der Waals surface area contributed by atoms with Crippen LogP contribution in [0.15, 0.2) is 47.4 Å². The lowest BCUT2D eigenvalue weighted by Gasteiger charge is -2.26. The first-order valence-electron chi connectivity index (χ1n) is 8.84. The van der Waals surface area contributed by atoms with Crippen molar-refractivity contribution in [2.45, 2.75) is 11.3 Å². The number of nitrogens with two attached hydrogens (primary N) is 1. The summed E-state index contributed by atoms with van der Waals surface area (Å²) in [5.41, 5.74) is 6.19. The van der Waals surface area contributed by atoms with Crippen molar-refractivity contribution in [2.24, 2.45) is 5.73 Å². The van der Waals surface area contributed by atoms with Crippen LogP contribution in [0.4, 0.5) is 5.69 Å². The van der Waals surface area contributed by atoms with Crippen molar-refractivity contribution in [1.82, 2.24) is 4.31 Å². The normalized spacial score (nSPS) is 15.1. The molecule has 154 valence electrons. The zero-order chi connectivity index (χ0) is 21.0. The number of nitrogens with one attached hydrogen (secondary N) is 1. The molecule has 1 aliphatic rings. The van der Waals surface area contributed by atoms with Crippen LogP contribution in [-0.2, 0) is 26.0 Å². The lowest BCUT2D eigenvalue weighted by atomic mass is 10.1. The molecule has 29 heavy (non-hydrogen) atoms. The molecule has 2 aromatic carbocycles. The number of primary amides is 1. The van der Waals surface area contributed by atoms with Gasteiger partial charge in [0.05, 0.1) is 35.1 Å². The Morgan fingerprint density at radius 2 is 1.83 bits per heavy atom. The van der Waals surface area contributed by atoms with Crippen molar-refractivity contribution in [2.75, 3.05) is 31.6 Å². The Morgan fingerprint density at radius 1 is 1.14 bits per heavy atom. The van der Waals surface area contributed by atoms with E-state index in [1.54, 1.807) is 24.3 Å². The fourth-order valence-electron chi connectivity index (χ4n) is 2.95. The van der Waals surface area contributed by atoms with Gasteiger partial charge in [0.2, 0.25) is 15.9 Å². The summed E-state index contributed by atoms with van der Waals surface area (Å²) < 4.78 is 32.2. The minimum atomic E-state index is -3.78. The molecule has 3 rings (SSSR count). The Balaban J connectivity index is 1.89. The number of halogens is 1. The van der Waals surface area contributed by atoms with Crippen LogP contribution in [0.1, 0.15) is 15.9 Å². The van der Waals surface area contributed by atoms with Gasteiger partial charge < -0.3 is 15.8 Å². The van der Waals surface area contributed by atoms with Gasteiger partial charge in [-0.3, -0.25) is 9.59 Å². The van der Waals surface area contributed by atoms with E-state index in [0.717, 1.165) is 0 Å². The van der Waals surface area contributed by atoms with Crippen molar-refractivity contribution in [3.05, 3.63) is 58.6 Å². The van der Waals surface area contributed by atoms with Crippen LogP contribution in [0.2, 0.25) is 5.02 Å². The Kier molecular flexibility index (Phi) is 6.53. The fraction of sp³-hybridized carbons (Fsp3) is 0.263. The highest BCUT2D eigenvalue weighted by atomic mass is 35.5. The molecule has 2 amide bonds. The van der Waals surface area contributed by atoms with E-state index in [9.17, 15) is 18.0 Å². The molecular formula is C19H20ClN3O5S. The summed E-state index contributed by atoms with van der Waals surface area (Å²) in [6, 6.07) is 10.7. The molecule has 1 fully saturated rings. The lowest BCUT2D eigenvalue weighted by molar-refractivity contribution is -0.117. The number of benzene rings is 2. The first-order valence-corrected chi connectivity index (χ1v) is 10.7. The molecule has 3 N–H and O–H groups in total. The average molecular weight is 438 g/mol. The van der Waals surface area contributed by atoms with Gasteiger partial charge in [-0.15, -0.1) is 0 Å². The van der Waals surface area contributed by atoms with Gasteiger partial charge in [0, 0.05) is 18.8 Å². The minimum absolute atomic E-state index is 0.00915. The smallest absolute Gasteiger partial charge is 0.257 e. The maximum atomic E-state index is 12.9. The summed E-state index contributed by atoms with van der Waals surface area (Å²) in [6.07, 6.45) is -0.0460. The monoisotopic (exact) mass is 437 g/mol. The third-order valence-electron chi connectivity index (χ3n) is 4.42. The van der Waals surface area contributed by atoms with Gasteiger partial charge in [-0.25, -0.2) is 8.42 Å². The number of carbonyl (C=O) groups is 2. The molecule has 0 spiro atoms. The number of hydrogen-bond donors (Lipinski definition) is 2. The van der Waals surface area contributed by atoms with Crippen LogP contribution in [-0.4, -0.2) is 50.8 Å². The van der Waals surface area contributed by atoms with Crippen molar-refractivity contribution in [3.8, 4) is 0 Å². The maximum absolute atomic E-state index is 12.9. The molecule has 0 aliphatic carbocycles. The number of hydrogen-bond acceptors (Lipinski definition) is 5. The molecule has 8 nitrogen and oxygen atoms in total. The van der Waals surface area contributed by atoms with Gasteiger partial charge in [0.15, 0.2) is 0 Å². The number of para-hydroxylation sites is 1. The molecule has 1 saturated heterocycles. The Morgan fingerprint density at radius 3 is 2.52 bits per heavy atom. The molecule has 2 aromatic rings. The standard InChI is InChI=1S/C19H20ClN3O5S/c20-16-6-5-14(29(26,27)23-7-9-28-10-8-23)12-15(16)19(25)22-17-4-2-1-3-13(17)11-18(21)24/h1-6,12H,7-11H2,(H2,21,24)(H,22,25). The first-order chi connectivity index (χ1) is 13.8. The second-order valence-electron chi connectivity index (χ2n) is 6.41. The molecule has 0 saturated carbocycles. The van der Waals surface area contributed by atoms with Gasteiger partial charge in [0.1, 0.15) is 0 Å². The summed E-state index contributed by atoms with van der Waals surface area (Å²) in [6.45, 7) is 1.12. The molecule has 10 heteroatoms. The lowest BCUT2D eigenvalue weighted by Crippen LogP contribution is -2.40. The van der Waals surface area contributed by atoms with Crippen molar-refractivity contribution in [1.29, 1.82) is 0 Å². The van der Waals surface area contributed by atoms with Crippen LogP contribution < -0.4 is 11.1 Å². The van der Waals surface area contributed by atoms with Crippen LogP contribution in [0.25, 0.3) is 0 Å². The Hall–Kier alpha value is -2.46. The quantitative estimate of drug-likeness (QED) is 0.712. The summed E-state index contributed by atoms with van der Waals surface area (Å²) >= 11 is 6.15. The third kappa shape index (κ3) is 4.94. The predicted octanol–water partition coefficient (Wildman–Crippen LogP) is 1.64. The van der Waals surface area contributed by atoms with Crippen molar-refractivity contribution >= 4 is 39.1 Å². The highest BCUT2D eigenvalue weighted by Crippen LogP contribution is 2.25. The summed E-state index contributed by atoms with van der Waals surface area (Å²) in [4.78, 5) is 24.0. The highest BCUT2D eigenvalue weighted by Gasteiger charge is 2.27. The summed E-state index contributed by atoms with van der Waals surface area (Å²) in [5, 5.41) is 2.78. The fourth-order valence-corrected chi connectivity index (χ4v) is 4.59. The van der Waals surface area contributed by atoms with Gasteiger partial charge in [-0.1, -0.05) is 29.8 Å². The van der Waals surface area contributed by atoms with Crippen LogP contribution in [0.3, 0.4) is 0 Å². The zero-order valence-electron chi connectivity index (χ0n) is 15.4. The molecule has 1 heterocycles. The number of rotatable bonds is 6. The number of ether oxygens (including phenoxy) is 1. The first kappa shape index (κ1) is 21.3. The molecular weight excluding hydrogens is 418 g/mol. The second kappa shape index (κ2) is 8.91. The molecule has 0 radical (unpaired) electrons.